The van der Waals surface area contributed by atoms with Gasteiger partial charge in [0.15, 0.2) is 0 Å². The average Bonchev–Trinajstić information content (AvgIpc) is 2.25. The summed E-state index contributed by atoms with van der Waals surface area (Å²) in [5, 5.41) is 12.6. The van der Waals surface area contributed by atoms with Crippen molar-refractivity contribution in [2.75, 3.05) is 39.4 Å². The molecule has 1 aliphatic heterocycles. The number of hydrogen-bond acceptors (Lipinski definition) is 4. The van der Waals surface area contributed by atoms with Gasteiger partial charge in [-0.1, -0.05) is 20.8 Å². The van der Waals surface area contributed by atoms with Crippen LogP contribution >= 0.6 is 0 Å². The molecule has 106 valence electrons. The predicted molar refractivity (Wildman–Crippen MR) is 70.3 cm³/mol. The summed E-state index contributed by atoms with van der Waals surface area (Å²) in [4.78, 5) is 13.8. The fraction of sp³-hybridized carbons (Fsp3) is 0.923. The molecule has 18 heavy (non-hydrogen) atoms. The van der Waals surface area contributed by atoms with Gasteiger partial charge in [0.1, 0.15) is 0 Å². The Kier molecular flexibility index (Phi) is 6.05. The van der Waals surface area contributed by atoms with Crippen LogP contribution in [0.3, 0.4) is 0 Å². The minimum atomic E-state index is -0.507. The summed E-state index contributed by atoms with van der Waals surface area (Å²) in [6, 6.07) is 0. The Morgan fingerprint density at radius 2 is 2.00 bits per heavy atom. The Bertz CT molecular complexity index is 257. The van der Waals surface area contributed by atoms with E-state index in [1.54, 1.807) is 0 Å². The zero-order valence-electron chi connectivity index (χ0n) is 11.7. The molecule has 1 amide bonds. The molecule has 0 bridgehead atoms. The fourth-order valence-corrected chi connectivity index (χ4v) is 1.92. The quantitative estimate of drug-likeness (QED) is 0.741. The summed E-state index contributed by atoms with van der Waals surface area (Å²) >= 11 is 0. The van der Waals surface area contributed by atoms with E-state index in [1.165, 1.54) is 0 Å². The zero-order chi connectivity index (χ0) is 13.6. The van der Waals surface area contributed by atoms with Gasteiger partial charge in [0.05, 0.1) is 19.3 Å². The molecule has 5 heteroatoms. The van der Waals surface area contributed by atoms with Gasteiger partial charge in [-0.15, -0.1) is 0 Å². The van der Waals surface area contributed by atoms with E-state index in [1.807, 2.05) is 20.8 Å². The van der Waals surface area contributed by atoms with Crippen molar-refractivity contribution in [3.63, 3.8) is 0 Å². The number of rotatable bonds is 5. The number of nitrogens with zero attached hydrogens (tertiary/aromatic N) is 1. The number of nitrogens with one attached hydrogen (secondary N) is 1. The number of hydrogen-bond donors (Lipinski definition) is 2. The summed E-state index contributed by atoms with van der Waals surface area (Å²) in [5.74, 6) is 0.00327. The molecule has 0 aromatic carbocycles. The number of morpholine rings is 1. The van der Waals surface area contributed by atoms with Gasteiger partial charge in [-0.05, 0) is 5.41 Å². The van der Waals surface area contributed by atoms with E-state index >= 15 is 0 Å². The lowest BCUT2D eigenvalue weighted by Gasteiger charge is -2.28. The van der Waals surface area contributed by atoms with Crippen LogP contribution in [0.4, 0.5) is 0 Å². The molecule has 1 saturated heterocycles. The van der Waals surface area contributed by atoms with Gasteiger partial charge >= 0.3 is 0 Å². The lowest BCUT2D eigenvalue weighted by molar-refractivity contribution is -0.123. The monoisotopic (exact) mass is 258 g/mol. The highest BCUT2D eigenvalue weighted by Crippen LogP contribution is 2.17. The average molecular weight is 258 g/mol. The van der Waals surface area contributed by atoms with E-state index in [-0.39, 0.29) is 11.3 Å². The maximum atomic E-state index is 11.6. The summed E-state index contributed by atoms with van der Waals surface area (Å²) in [5.41, 5.74) is -0.0146. The first-order chi connectivity index (χ1) is 8.37. The highest BCUT2D eigenvalue weighted by molar-refractivity contribution is 5.76. The first-order valence-electron chi connectivity index (χ1n) is 6.62. The molecular weight excluding hydrogens is 232 g/mol. The second-order valence-corrected chi connectivity index (χ2v) is 6.11. The Morgan fingerprint density at radius 1 is 1.39 bits per heavy atom. The minimum Gasteiger partial charge on any atom is -0.390 e. The molecule has 1 fully saturated rings. The first-order valence-corrected chi connectivity index (χ1v) is 6.62. The molecule has 0 aromatic rings. The van der Waals surface area contributed by atoms with E-state index < -0.39 is 6.10 Å². The normalized spacial score (nSPS) is 19.6. The third kappa shape index (κ3) is 6.93. The molecule has 0 radical (unpaired) electrons. The summed E-state index contributed by atoms with van der Waals surface area (Å²) in [6.45, 7) is 10.2. The third-order valence-corrected chi connectivity index (χ3v) is 2.80. The number of carbonyl (C=O) groups excluding carboxylic acids is 1. The van der Waals surface area contributed by atoms with Crippen LogP contribution in [0.15, 0.2) is 0 Å². The molecule has 0 aliphatic carbocycles. The van der Waals surface area contributed by atoms with Crippen molar-refractivity contribution in [3.05, 3.63) is 0 Å². The van der Waals surface area contributed by atoms with Gasteiger partial charge in [0.25, 0.3) is 0 Å². The molecular formula is C13H26N2O3. The van der Waals surface area contributed by atoms with Crippen LogP contribution in [-0.2, 0) is 9.53 Å². The maximum absolute atomic E-state index is 11.6. The van der Waals surface area contributed by atoms with Gasteiger partial charge < -0.3 is 15.2 Å². The van der Waals surface area contributed by atoms with Crippen molar-refractivity contribution in [1.82, 2.24) is 10.2 Å². The third-order valence-electron chi connectivity index (χ3n) is 2.80. The Morgan fingerprint density at radius 3 is 2.56 bits per heavy atom. The van der Waals surface area contributed by atoms with E-state index in [0.717, 1.165) is 26.3 Å². The SMILES string of the molecule is CC(C)(C)CC(=O)NCC(O)CN1CCOCC1. The van der Waals surface area contributed by atoms with E-state index in [4.69, 9.17) is 4.74 Å². The summed E-state index contributed by atoms with van der Waals surface area (Å²) < 4.78 is 5.24. The molecule has 1 atom stereocenters. The van der Waals surface area contributed by atoms with Crippen LogP contribution in [0, 0.1) is 5.41 Å². The van der Waals surface area contributed by atoms with Crippen LogP contribution < -0.4 is 5.32 Å². The lowest BCUT2D eigenvalue weighted by Crippen LogP contribution is -2.44. The number of β-amino-alcohol motifs (C(OH)–C–C–N with tert-alkyl or cyclic N) is 1. The molecule has 1 heterocycles. The number of aliphatic hydroxyl groups is 1. The molecule has 1 unspecified atom stereocenters. The minimum absolute atomic E-state index is 0.00327. The van der Waals surface area contributed by atoms with Gasteiger partial charge in [0.2, 0.25) is 5.91 Å². The molecule has 1 rings (SSSR count). The van der Waals surface area contributed by atoms with Gasteiger partial charge in [-0.3, -0.25) is 9.69 Å². The van der Waals surface area contributed by atoms with Crippen molar-refractivity contribution in [3.8, 4) is 0 Å². The Labute approximate surface area is 109 Å². The summed E-state index contributed by atoms with van der Waals surface area (Å²) in [6.07, 6.45) is -0.0240. The van der Waals surface area contributed by atoms with Crippen LogP contribution in [0.1, 0.15) is 27.2 Å². The van der Waals surface area contributed by atoms with Gasteiger partial charge in [0, 0.05) is 32.6 Å². The van der Waals surface area contributed by atoms with E-state index in [2.05, 4.69) is 10.2 Å². The summed E-state index contributed by atoms with van der Waals surface area (Å²) in [7, 11) is 0. The van der Waals surface area contributed by atoms with Crippen LogP contribution in [0.5, 0.6) is 0 Å². The molecule has 2 N–H and O–H groups in total. The highest BCUT2D eigenvalue weighted by Gasteiger charge is 2.18. The van der Waals surface area contributed by atoms with Crippen molar-refractivity contribution < 1.29 is 14.6 Å². The second kappa shape index (κ2) is 7.07. The number of aliphatic hydroxyl groups excluding tert-OH is 1. The topological polar surface area (TPSA) is 61.8 Å². The van der Waals surface area contributed by atoms with Crippen LogP contribution in [-0.4, -0.2) is 61.4 Å². The van der Waals surface area contributed by atoms with Crippen molar-refractivity contribution >= 4 is 5.91 Å². The van der Waals surface area contributed by atoms with Crippen molar-refractivity contribution in [2.45, 2.75) is 33.3 Å². The Hall–Kier alpha value is -0.650. The predicted octanol–water partition coefficient (Wildman–Crippen LogP) is 0.232. The highest BCUT2D eigenvalue weighted by atomic mass is 16.5. The fourth-order valence-electron chi connectivity index (χ4n) is 1.92. The largest absolute Gasteiger partial charge is 0.390 e. The van der Waals surface area contributed by atoms with E-state index in [0.29, 0.717) is 19.5 Å². The first kappa shape index (κ1) is 15.4. The standard InChI is InChI=1S/C13H26N2O3/c1-13(2,3)8-12(17)14-9-11(16)10-15-4-6-18-7-5-15/h11,16H,4-10H2,1-3H3,(H,14,17). The lowest BCUT2D eigenvalue weighted by atomic mass is 9.92. The van der Waals surface area contributed by atoms with Crippen LogP contribution in [0.2, 0.25) is 0 Å². The molecule has 5 nitrogen and oxygen atoms in total. The molecule has 1 aliphatic rings. The molecule has 0 aromatic heterocycles. The van der Waals surface area contributed by atoms with Crippen LogP contribution in [0.25, 0.3) is 0 Å². The second-order valence-electron chi connectivity index (χ2n) is 6.11. The number of amides is 1. The molecule has 0 spiro atoms. The smallest absolute Gasteiger partial charge is 0.220 e. The van der Waals surface area contributed by atoms with Crippen molar-refractivity contribution in [2.24, 2.45) is 5.41 Å². The van der Waals surface area contributed by atoms with Gasteiger partial charge in [-0.2, -0.15) is 0 Å². The zero-order valence-corrected chi connectivity index (χ0v) is 11.7. The maximum Gasteiger partial charge on any atom is 0.220 e. The Balaban J connectivity index is 2.16. The number of ether oxygens (including phenoxy) is 1. The molecule has 0 saturated carbocycles. The van der Waals surface area contributed by atoms with E-state index in [9.17, 15) is 9.90 Å². The van der Waals surface area contributed by atoms with Gasteiger partial charge in [-0.25, -0.2) is 0 Å². The van der Waals surface area contributed by atoms with Crippen molar-refractivity contribution in [1.29, 1.82) is 0 Å². The number of carbonyl (C=O) groups is 1.